The van der Waals surface area contributed by atoms with Crippen molar-refractivity contribution in [3.8, 4) is 0 Å². The first kappa shape index (κ1) is 14.2. The Morgan fingerprint density at radius 3 is 2.35 bits per heavy atom. The monoisotopic (exact) mass is 270 g/mol. The third kappa shape index (κ3) is 3.41. The second kappa shape index (κ2) is 6.28. The van der Waals surface area contributed by atoms with E-state index in [4.69, 9.17) is 4.74 Å². The van der Waals surface area contributed by atoms with Gasteiger partial charge in [-0.25, -0.2) is 9.78 Å². The van der Waals surface area contributed by atoms with Crippen LogP contribution < -0.4 is 0 Å². The lowest BCUT2D eigenvalue weighted by atomic mass is 10.2. The van der Waals surface area contributed by atoms with Crippen LogP contribution in [0.4, 0.5) is 0 Å². The maximum absolute atomic E-state index is 12.0. The normalized spacial score (nSPS) is 10.3. The molecule has 20 heavy (non-hydrogen) atoms. The van der Waals surface area contributed by atoms with Gasteiger partial charge in [0.1, 0.15) is 0 Å². The number of esters is 1. The smallest absolute Gasteiger partial charge is 0.358 e. The van der Waals surface area contributed by atoms with Crippen molar-refractivity contribution < 1.29 is 9.53 Å². The van der Waals surface area contributed by atoms with Crippen molar-refractivity contribution in [3.05, 3.63) is 58.7 Å². The van der Waals surface area contributed by atoms with Crippen molar-refractivity contribution >= 4 is 5.97 Å². The van der Waals surface area contributed by atoms with Crippen LogP contribution in [0.3, 0.4) is 0 Å². The average molecular weight is 270 g/mol. The Morgan fingerprint density at radius 2 is 1.65 bits per heavy atom. The van der Waals surface area contributed by atoms with Gasteiger partial charge in [0.2, 0.25) is 0 Å². The summed E-state index contributed by atoms with van der Waals surface area (Å²) in [6.07, 6.45) is 0.698. The molecule has 1 heterocycles. The molecule has 0 aliphatic heterocycles. The number of hydrogen-bond donors (Lipinski definition) is 0. The number of nitrogens with zero attached hydrogens (tertiary/aromatic N) is 2. The van der Waals surface area contributed by atoms with Gasteiger partial charge in [-0.3, -0.25) is 4.98 Å². The van der Waals surface area contributed by atoms with E-state index in [2.05, 4.69) is 9.97 Å². The minimum Gasteiger partial charge on any atom is -0.461 e. The molecule has 1 aromatic heterocycles. The molecular formula is C16H18N2O2. The number of benzene rings is 1. The summed E-state index contributed by atoms with van der Waals surface area (Å²) in [4.78, 5) is 20.6. The lowest BCUT2D eigenvalue weighted by molar-refractivity contribution is 0.0500. The standard InChI is InChI=1S/C16H18N2O2/c1-11-12(2)18-15(13(3)17-11)16(19)20-10-9-14-7-5-4-6-8-14/h4-8H,9-10H2,1-3H3. The molecule has 0 aliphatic carbocycles. The van der Waals surface area contributed by atoms with E-state index in [9.17, 15) is 4.79 Å². The van der Waals surface area contributed by atoms with Crippen molar-refractivity contribution in [2.45, 2.75) is 27.2 Å². The van der Waals surface area contributed by atoms with Crippen LogP contribution in [-0.2, 0) is 11.2 Å². The van der Waals surface area contributed by atoms with Crippen LogP contribution in [0, 0.1) is 20.8 Å². The third-order valence-electron chi connectivity index (χ3n) is 3.14. The van der Waals surface area contributed by atoms with Gasteiger partial charge in [0.15, 0.2) is 5.69 Å². The fraction of sp³-hybridized carbons (Fsp3) is 0.312. The third-order valence-corrected chi connectivity index (χ3v) is 3.14. The van der Waals surface area contributed by atoms with Gasteiger partial charge in [-0.15, -0.1) is 0 Å². The van der Waals surface area contributed by atoms with E-state index in [0.717, 1.165) is 17.0 Å². The summed E-state index contributed by atoms with van der Waals surface area (Å²) in [7, 11) is 0. The number of carbonyl (C=O) groups is 1. The lowest BCUT2D eigenvalue weighted by Crippen LogP contribution is -2.14. The second-order valence-corrected chi connectivity index (χ2v) is 4.70. The van der Waals surface area contributed by atoms with Crippen molar-refractivity contribution in [1.29, 1.82) is 0 Å². The summed E-state index contributed by atoms with van der Waals surface area (Å²) in [5.74, 6) is -0.408. The fourth-order valence-electron chi connectivity index (χ4n) is 1.88. The van der Waals surface area contributed by atoms with Crippen LogP contribution >= 0.6 is 0 Å². The Morgan fingerprint density at radius 1 is 1.00 bits per heavy atom. The van der Waals surface area contributed by atoms with Gasteiger partial charge in [-0.05, 0) is 26.3 Å². The van der Waals surface area contributed by atoms with Crippen LogP contribution in [0.2, 0.25) is 0 Å². The number of aryl methyl sites for hydroxylation is 3. The molecule has 0 N–H and O–H groups in total. The molecule has 2 aromatic rings. The lowest BCUT2D eigenvalue weighted by Gasteiger charge is -2.08. The molecule has 0 spiro atoms. The van der Waals surface area contributed by atoms with E-state index in [1.165, 1.54) is 0 Å². The molecule has 0 amide bonds. The van der Waals surface area contributed by atoms with Crippen molar-refractivity contribution in [2.75, 3.05) is 6.61 Å². The van der Waals surface area contributed by atoms with Gasteiger partial charge in [0.25, 0.3) is 0 Å². The van der Waals surface area contributed by atoms with Gasteiger partial charge in [-0.2, -0.15) is 0 Å². The molecule has 0 fully saturated rings. The van der Waals surface area contributed by atoms with Crippen molar-refractivity contribution in [1.82, 2.24) is 9.97 Å². The van der Waals surface area contributed by atoms with E-state index in [0.29, 0.717) is 24.4 Å². The predicted molar refractivity (Wildman–Crippen MR) is 76.7 cm³/mol. The molecular weight excluding hydrogens is 252 g/mol. The van der Waals surface area contributed by atoms with Gasteiger partial charge >= 0.3 is 5.97 Å². The van der Waals surface area contributed by atoms with Gasteiger partial charge in [0, 0.05) is 6.42 Å². The topological polar surface area (TPSA) is 52.1 Å². The molecule has 0 atom stereocenters. The zero-order valence-electron chi connectivity index (χ0n) is 12.0. The summed E-state index contributed by atoms with van der Waals surface area (Å²) in [6, 6.07) is 9.92. The molecule has 0 saturated carbocycles. The van der Waals surface area contributed by atoms with E-state index < -0.39 is 5.97 Å². The van der Waals surface area contributed by atoms with E-state index in [1.807, 2.05) is 44.2 Å². The zero-order chi connectivity index (χ0) is 14.5. The van der Waals surface area contributed by atoms with Gasteiger partial charge in [0.05, 0.1) is 23.7 Å². The minimum absolute atomic E-state index is 0.307. The predicted octanol–water partition coefficient (Wildman–Crippen LogP) is 2.80. The quantitative estimate of drug-likeness (QED) is 0.802. The highest BCUT2D eigenvalue weighted by Crippen LogP contribution is 2.09. The number of rotatable bonds is 4. The number of aromatic nitrogens is 2. The minimum atomic E-state index is -0.408. The zero-order valence-corrected chi connectivity index (χ0v) is 12.0. The Hall–Kier alpha value is -2.23. The Bertz CT molecular complexity index is 609. The summed E-state index contributed by atoms with van der Waals surface area (Å²) in [5.41, 5.74) is 3.65. The SMILES string of the molecule is Cc1nc(C)c(C(=O)OCCc2ccccc2)nc1C. The number of carbonyl (C=O) groups excluding carboxylic acids is 1. The van der Waals surface area contributed by atoms with Gasteiger partial charge in [-0.1, -0.05) is 30.3 Å². The van der Waals surface area contributed by atoms with Crippen LogP contribution in [-0.4, -0.2) is 22.5 Å². The Labute approximate surface area is 118 Å². The first-order valence-electron chi connectivity index (χ1n) is 6.61. The van der Waals surface area contributed by atoms with E-state index in [1.54, 1.807) is 6.92 Å². The molecule has 0 aliphatic rings. The van der Waals surface area contributed by atoms with E-state index >= 15 is 0 Å². The number of hydrogen-bond acceptors (Lipinski definition) is 4. The van der Waals surface area contributed by atoms with Gasteiger partial charge < -0.3 is 4.74 Å². The maximum Gasteiger partial charge on any atom is 0.358 e. The molecule has 0 bridgehead atoms. The largest absolute Gasteiger partial charge is 0.461 e. The molecule has 104 valence electrons. The van der Waals surface area contributed by atoms with Crippen molar-refractivity contribution in [2.24, 2.45) is 0 Å². The summed E-state index contributed by atoms with van der Waals surface area (Å²) in [6.45, 7) is 5.83. The maximum atomic E-state index is 12.0. The average Bonchev–Trinajstić information content (AvgIpc) is 2.44. The molecule has 1 aromatic carbocycles. The second-order valence-electron chi connectivity index (χ2n) is 4.70. The Kier molecular flexibility index (Phi) is 4.45. The molecule has 0 unspecified atom stereocenters. The van der Waals surface area contributed by atoms with E-state index in [-0.39, 0.29) is 0 Å². The first-order valence-corrected chi connectivity index (χ1v) is 6.61. The summed E-state index contributed by atoms with van der Waals surface area (Å²) >= 11 is 0. The fourth-order valence-corrected chi connectivity index (χ4v) is 1.88. The highest BCUT2D eigenvalue weighted by molar-refractivity contribution is 5.88. The van der Waals surface area contributed by atoms with Crippen LogP contribution in [0.1, 0.15) is 33.1 Å². The van der Waals surface area contributed by atoms with Crippen molar-refractivity contribution in [3.63, 3.8) is 0 Å². The van der Waals surface area contributed by atoms with Crippen LogP contribution in [0.5, 0.6) is 0 Å². The van der Waals surface area contributed by atoms with Crippen LogP contribution in [0.15, 0.2) is 30.3 Å². The molecule has 4 nitrogen and oxygen atoms in total. The van der Waals surface area contributed by atoms with Crippen LogP contribution in [0.25, 0.3) is 0 Å². The molecule has 4 heteroatoms. The summed E-state index contributed by atoms with van der Waals surface area (Å²) < 4.78 is 5.27. The molecule has 2 rings (SSSR count). The highest BCUT2D eigenvalue weighted by Gasteiger charge is 2.15. The highest BCUT2D eigenvalue weighted by atomic mass is 16.5. The summed E-state index contributed by atoms with van der Waals surface area (Å²) in [5, 5.41) is 0. The first-order chi connectivity index (χ1) is 9.58. The number of ether oxygens (including phenoxy) is 1. The Balaban J connectivity index is 1.97. The molecule has 0 radical (unpaired) electrons. The molecule has 0 saturated heterocycles.